The smallest absolute Gasteiger partial charge is 0.252 e. The third kappa shape index (κ3) is 3.31. The van der Waals surface area contributed by atoms with Gasteiger partial charge in [0.05, 0.1) is 18.2 Å². The van der Waals surface area contributed by atoms with Crippen LogP contribution >= 0.6 is 0 Å². The summed E-state index contributed by atoms with van der Waals surface area (Å²) in [6.07, 6.45) is 1.09. The molecule has 0 unspecified atom stereocenters. The third-order valence-corrected chi connectivity index (χ3v) is 1.84. The number of hydrogen-bond donors (Lipinski definition) is 1. The van der Waals surface area contributed by atoms with E-state index >= 15 is 0 Å². The predicted molar refractivity (Wildman–Crippen MR) is 55.3 cm³/mol. The van der Waals surface area contributed by atoms with Crippen LogP contribution in [0.3, 0.4) is 0 Å². The Morgan fingerprint density at radius 2 is 2.20 bits per heavy atom. The van der Waals surface area contributed by atoms with Crippen LogP contribution in [0, 0.1) is 11.3 Å². The van der Waals surface area contributed by atoms with Gasteiger partial charge in [-0.25, -0.2) is 0 Å². The largest absolute Gasteiger partial charge is 0.493 e. The van der Waals surface area contributed by atoms with Gasteiger partial charge in [-0.15, -0.1) is 0 Å². The van der Waals surface area contributed by atoms with Gasteiger partial charge < -0.3 is 10.5 Å². The first-order valence-corrected chi connectivity index (χ1v) is 4.64. The quantitative estimate of drug-likeness (QED) is 0.738. The fourth-order valence-electron chi connectivity index (χ4n) is 1.13. The van der Waals surface area contributed by atoms with Crippen LogP contribution in [0.2, 0.25) is 0 Å². The molecule has 0 aromatic heterocycles. The van der Waals surface area contributed by atoms with Crippen molar-refractivity contribution in [1.82, 2.24) is 0 Å². The van der Waals surface area contributed by atoms with Crippen molar-refractivity contribution in [3.63, 3.8) is 0 Å². The Labute approximate surface area is 88.3 Å². The van der Waals surface area contributed by atoms with Crippen LogP contribution < -0.4 is 10.5 Å². The zero-order valence-electron chi connectivity index (χ0n) is 8.27. The van der Waals surface area contributed by atoms with Crippen LogP contribution in [-0.2, 0) is 0 Å². The van der Waals surface area contributed by atoms with E-state index in [9.17, 15) is 4.79 Å². The van der Waals surface area contributed by atoms with Crippen molar-refractivity contribution in [1.29, 1.82) is 5.26 Å². The maximum atomic E-state index is 11.0. The first-order chi connectivity index (χ1) is 7.25. The highest BCUT2D eigenvalue weighted by molar-refractivity contribution is 5.95. The fraction of sp³-hybridized carbons (Fsp3) is 0.273. The molecule has 15 heavy (non-hydrogen) atoms. The number of primary amides is 1. The van der Waals surface area contributed by atoms with Crippen molar-refractivity contribution in [2.75, 3.05) is 6.61 Å². The highest BCUT2D eigenvalue weighted by Gasteiger charge is 2.07. The first kappa shape index (κ1) is 11.1. The molecule has 0 aliphatic heterocycles. The lowest BCUT2D eigenvalue weighted by Gasteiger charge is -2.07. The Morgan fingerprint density at radius 3 is 2.87 bits per heavy atom. The Bertz CT molecular complexity index is 382. The van der Waals surface area contributed by atoms with Gasteiger partial charge in [0.2, 0.25) is 0 Å². The number of para-hydroxylation sites is 1. The Hall–Kier alpha value is -2.02. The van der Waals surface area contributed by atoms with Crippen molar-refractivity contribution in [3.8, 4) is 11.8 Å². The summed E-state index contributed by atoms with van der Waals surface area (Å²) in [6, 6.07) is 8.81. The van der Waals surface area contributed by atoms with Crippen LogP contribution in [0.5, 0.6) is 5.75 Å². The van der Waals surface area contributed by atoms with E-state index in [1.165, 1.54) is 0 Å². The molecule has 0 atom stereocenters. The number of rotatable bonds is 5. The molecule has 0 spiro atoms. The van der Waals surface area contributed by atoms with E-state index in [1.54, 1.807) is 24.3 Å². The molecule has 0 radical (unpaired) electrons. The van der Waals surface area contributed by atoms with Gasteiger partial charge in [-0.3, -0.25) is 4.79 Å². The topological polar surface area (TPSA) is 76.1 Å². The molecule has 4 heteroatoms. The van der Waals surface area contributed by atoms with Gasteiger partial charge in [-0.1, -0.05) is 12.1 Å². The van der Waals surface area contributed by atoms with Crippen LogP contribution in [0.4, 0.5) is 0 Å². The highest BCUT2D eigenvalue weighted by Crippen LogP contribution is 2.17. The van der Waals surface area contributed by atoms with Gasteiger partial charge in [0, 0.05) is 6.42 Å². The predicted octanol–water partition coefficient (Wildman–Crippen LogP) is 1.47. The number of nitrogens with two attached hydrogens (primary N) is 1. The number of hydrogen-bond acceptors (Lipinski definition) is 3. The van der Waals surface area contributed by atoms with Crippen molar-refractivity contribution in [2.45, 2.75) is 12.8 Å². The summed E-state index contributed by atoms with van der Waals surface area (Å²) in [5, 5.41) is 8.33. The number of carbonyl (C=O) groups is 1. The number of nitrogens with zero attached hydrogens (tertiary/aromatic N) is 1. The molecule has 1 amide bonds. The summed E-state index contributed by atoms with van der Waals surface area (Å²) >= 11 is 0. The van der Waals surface area contributed by atoms with Crippen LogP contribution in [0.1, 0.15) is 23.2 Å². The maximum Gasteiger partial charge on any atom is 0.252 e. The van der Waals surface area contributed by atoms with E-state index in [0.29, 0.717) is 30.8 Å². The minimum absolute atomic E-state index is 0.370. The number of ether oxygens (including phenoxy) is 1. The molecule has 0 aliphatic carbocycles. The van der Waals surface area contributed by atoms with Crippen molar-refractivity contribution in [3.05, 3.63) is 29.8 Å². The summed E-state index contributed by atoms with van der Waals surface area (Å²) in [7, 11) is 0. The minimum atomic E-state index is -0.508. The molecule has 1 rings (SSSR count). The Morgan fingerprint density at radius 1 is 1.47 bits per heavy atom. The van der Waals surface area contributed by atoms with E-state index in [4.69, 9.17) is 15.7 Å². The number of unbranched alkanes of at least 4 members (excludes halogenated alkanes) is 1. The molecule has 2 N–H and O–H groups in total. The van der Waals surface area contributed by atoms with E-state index in [1.807, 2.05) is 6.07 Å². The van der Waals surface area contributed by atoms with Crippen LogP contribution in [-0.4, -0.2) is 12.5 Å². The molecular formula is C11H12N2O2. The first-order valence-electron chi connectivity index (χ1n) is 4.64. The monoisotopic (exact) mass is 204 g/mol. The van der Waals surface area contributed by atoms with Crippen molar-refractivity contribution in [2.24, 2.45) is 5.73 Å². The molecule has 1 aromatic carbocycles. The standard InChI is InChI=1S/C11H12N2O2/c12-7-3-4-8-15-10-6-2-1-5-9(10)11(13)14/h1-2,5-6H,3-4,8H2,(H2,13,14). The minimum Gasteiger partial charge on any atom is -0.493 e. The Kier molecular flexibility index (Phi) is 4.17. The van der Waals surface area contributed by atoms with Gasteiger partial charge in [0.1, 0.15) is 5.75 Å². The number of carbonyl (C=O) groups excluding carboxylic acids is 1. The zero-order chi connectivity index (χ0) is 11.1. The molecule has 0 heterocycles. The lowest BCUT2D eigenvalue weighted by Crippen LogP contribution is -2.13. The molecule has 0 fully saturated rings. The molecular weight excluding hydrogens is 192 g/mol. The van der Waals surface area contributed by atoms with E-state index in [-0.39, 0.29) is 0 Å². The fourth-order valence-corrected chi connectivity index (χ4v) is 1.13. The van der Waals surface area contributed by atoms with Gasteiger partial charge in [0.15, 0.2) is 0 Å². The normalized spacial score (nSPS) is 9.27. The van der Waals surface area contributed by atoms with Gasteiger partial charge in [-0.05, 0) is 18.6 Å². The van der Waals surface area contributed by atoms with Crippen LogP contribution in [0.15, 0.2) is 24.3 Å². The van der Waals surface area contributed by atoms with Gasteiger partial charge >= 0.3 is 0 Å². The zero-order valence-corrected chi connectivity index (χ0v) is 8.27. The summed E-state index contributed by atoms with van der Waals surface area (Å²) in [4.78, 5) is 11.0. The van der Waals surface area contributed by atoms with E-state index in [0.717, 1.165) is 0 Å². The summed E-state index contributed by atoms with van der Waals surface area (Å²) in [5.74, 6) is -0.0335. The summed E-state index contributed by atoms with van der Waals surface area (Å²) < 4.78 is 5.35. The second-order valence-electron chi connectivity index (χ2n) is 2.97. The number of amides is 1. The van der Waals surface area contributed by atoms with Crippen LogP contribution in [0.25, 0.3) is 0 Å². The van der Waals surface area contributed by atoms with Crippen molar-refractivity contribution < 1.29 is 9.53 Å². The molecule has 4 nitrogen and oxygen atoms in total. The molecule has 1 aromatic rings. The maximum absolute atomic E-state index is 11.0. The molecule has 0 aliphatic rings. The number of nitriles is 1. The molecule has 0 saturated heterocycles. The summed E-state index contributed by atoms with van der Waals surface area (Å²) in [6.45, 7) is 0.415. The van der Waals surface area contributed by atoms with E-state index in [2.05, 4.69) is 0 Å². The Balaban J connectivity index is 2.60. The lowest BCUT2D eigenvalue weighted by atomic mass is 10.2. The second-order valence-corrected chi connectivity index (χ2v) is 2.97. The second kappa shape index (κ2) is 5.66. The number of benzene rings is 1. The molecule has 0 saturated carbocycles. The SMILES string of the molecule is N#CCCCOc1ccccc1C(N)=O. The van der Waals surface area contributed by atoms with Crippen molar-refractivity contribution >= 4 is 5.91 Å². The van der Waals surface area contributed by atoms with Gasteiger partial charge in [0.25, 0.3) is 5.91 Å². The molecule has 78 valence electrons. The van der Waals surface area contributed by atoms with E-state index < -0.39 is 5.91 Å². The average Bonchev–Trinajstić information content (AvgIpc) is 2.25. The molecule has 0 bridgehead atoms. The lowest BCUT2D eigenvalue weighted by molar-refractivity contribution is 0.0996. The highest BCUT2D eigenvalue weighted by atomic mass is 16.5. The third-order valence-electron chi connectivity index (χ3n) is 1.84. The summed E-state index contributed by atoms with van der Waals surface area (Å²) in [5.41, 5.74) is 5.54. The van der Waals surface area contributed by atoms with Gasteiger partial charge in [-0.2, -0.15) is 5.26 Å². The average molecular weight is 204 g/mol.